The van der Waals surface area contributed by atoms with Gasteiger partial charge in [0.25, 0.3) is 0 Å². The second-order valence-electron chi connectivity index (χ2n) is 4.37. The maximum Gasteiger partial charge on any atom is 0.396 e. The molecule has 0 spiro atoms. The molecule has 0 saturated carbocycles. The maximum absolute atomic E-state index is 11.2. The van der Waals surface area contributed by atoms with Gasteiger partial charge in [0.05, 0.1) is 13.2 Å². The van der Waals surface area contributed by atoms with Gasteiger partial charge >= 0.3 is 23.8 Å². The van der Waals surface area contributed by atoms with Gasteiger partial charge in [-0.2, -0.15) is 0 Å². The number of hydrogen-bond donors (Lipinski definition) is 2. The number of nitrogens with one attached hydrogen (secondary N) is 2. The van der Waals surface area contributed by atoms with Crippen LogP contribution in [0, 0.1) is 0 Å². The van der Waals surface area contributed by atoms with Crippen LogP contribution in [0.1, 0.15) is 39.5 Å². The summed E-state index contributed by atoms with van der Waals surface area (Å²) in [6, 6.07) is 0. The Morgan fingerprint density at radius 3 is 1.36 bits per heavy atom. The molecule has 0 radical (unpaired) electrons. The maximum atomic E-state index is 11.2. The fourth-order valence-corrected chi connectivity index (χ4v) is 1.55. The van der Waals surface area contributed by atoms with Crippen molar-refractivity contribution in [3.8, 4) is 0 Å². The summed E-state index contributed by atoms with van der Waals surface area (Å²) in [6.07, 6.45) is 3.10. The van der Waals surface area contributed by atoms with Gasteiger partial charge in [-0.3, -0.25) is 9.59 Å². The molecular weight excluding hydrogens is 292 g/mol. The van der Waals surface area contributed by atoms with Crippen LogP contribution in [-0.4, -0.2) is 50.1 Å². The zero-order chi connectivity index (χ0) is 16.8. The van der Waals surface area contributed by atoms with E-state index in [-0.39, 0.29) is 13.2 Å². The number of ether oxygens (including phenoxy) is 2. The van der Waals surface area contributed by atoms with Crippen LogP contribution in [0.25, 0.3) is 0 Å². The quantitative estimate of drug-likeness (QED) is 0.349. The third-order valence-electron chi connectivity index (χ3n) is 2.60. The first-order valence-electron chi connectivity index (χ1n) is 7.42. The highest BCUT2D eigenvalue weighted by Gasteiger charge is 2.14. The minimum Gasteiger partial charge on any atom is -0.459 e. The number of unbranched alkanes of at least 4 members (excludes halogenated alkanes) is 3. The van der Waals surface area contributed by atoms with Crippen LogP contribution >= 0.6 is 0 Å². The van der Waals surface area contributed by atoms with E-state index in [1.165, 1.54) is 0 Å². The molecule has 2 N–H and O–H groups in total. The van der Waals surface area contributed by atoms with E-state index in [4.69, 9.17) is 0 Å². The van der Waals surface area contributed by atoms with Crippen molar-refractivity contribution in [1.29, 1.82) is 0 Å². The lowest BCUT2D eigenvalue weighted by Crippen LogP contribution is -2.33. The summed E-state index contributed by atoms with van der Waals surface area (Å²) < 4.78 is 9.09. The van der Waals surface area contributed by atoms with Gasteiger partial charge in [0.1, 0.15) is 0 Å². The molecule has 0 aliphatic heterocycles. The Morgan fingerprint density at radius 2 is 1.05 bits per heavy atom. The average molecular weight is 316 g/mol. The van der Waals surface area contributed by atoms with Crippen LogP contribution < -0.4 is 10.6 Å². The molecule has 126 valence electrons. The van der Waals surface area contributed by atoms with Crippen LogP contribution in [0.4, 0.5) is 0 Å². The average Bonchev–Trinajstić information content (AvgIpc) is 2.49. The zero-order valence-corrected chi connectivity index (χ0v) is 13.1. The first-order valence-corrected chi connectivity index (χ1v) is 7.42. The predicted octanol–water partition coefficient (Wildman–Crippen LogP) is -0.0946. The third kappa shape index (κ3) is 9.73. The van der Waals surface area contributed by atoms with Crippen molar-refractivity contribution < 1.29 is 28.7 Å². The highest BCUT2D eigenvalue weighted by molar-refractivity contribution is 6.32. The van der Waals surface area contributed by atoms with Gasteiger partial charge in [-0.25, -0.2) is 9.59 Å². The topological polar surface area (TPSA) is 111 Å². The van der Waals surface area contributed by atoms with Gasteiger partial charge in [0.2, 0.25) is 0 Å². The van der Waals surface area contributed by atoms with E-state index in [0.717, 1.165) is 25.7 Å². The molecule has 0 atom stereocenters. The standard InChI is InChI=1S/C14H24N2O6/c1-3-21-13(19)11(17)15-9-7-5-6-8-10-16-12(18)14(20)22-4-2/h3-10H2,1-2H3,(H,15,17)(H,16,18). The molecule has 8 heteroatoms. The van der Waals surface area contributed by atoms with Crippen molar-refractivity contribution in [3.05, 3.63) is 0 Å². The Labute approximate surface area is 129 Å². The number of carbonyl (C=O) groups is 4. The molecule has 0 unspecified atom stereocenters. The molecule has 0 aromatic carbocycles. The van der Waals surface area contributed by atoms with Gasteiger partial charge in [-0.1, -0.05) is 12.8 Å². The summed E-state index contributed by atoms with van der Waals surface area (Å²) in [5.74, 6) is -3.21. The zero-order valence-electron chi connectivity index (χ0n) is 13.1. The lowest BCUT2D eigenvalue weighted by molar-refractivity contribution is -0.154. The van der Waals surface area contributed by atoms with Crippen LogP contribution in [0.3, 0.4) is 0 Å². The first-order chi connectivity index (χ1) is 10.5. The van der Waals surface area contributed by atoms with Crippen molar-refractivity contribution in [2.75, 3.05) is 26.3 Å². The van der Waals surface area contributed by atoms with E-state index in [0.29, 0.717) is 13.1 Å². The van der Waals surface area contributed by atoms with Gasteiger partial charge in [-0.15, -0.1) is 0 Å². The van der Waals surface area contributed by atoms with E-state index in [9.17, 15) is 19.2 Å². The molecule has 0 aliphatic rings. The molecule has 0 bridgehead atoms. The van der Waals surface area contributed by atoms with Crippen molar-refractivity contribution in [1.82, 2.24) is 10.6 Å². The molecule has 0 aromatic heterocycles. The van der Waals surface area contributed by atoms with Crippen molar-refractivity contribution in [2.45, 2.75) is 39.5 Å². The molecule has 0 fully saturated rings. The minimum absolute atomic E-state index is 0.170. The molecule has 0 aliphatic carbocycles. The normalized spacial score (nSPS) is 9.73. The lowest BCUT2D eigenvalue weighted by Gasteiger charge is -2.06. The molecular formula is C14H24N2O6. The van der Waals surface area contributed by atoms with Crippen molar-refractivity contribution in [2.24, 2.45) is 0 Å². The lowest BCUT2D eigenvalue weighted by atomic mass is 10.2. The second kappa shape index (κ2) is 12.6. The Bertz CT molecular complexity index is 348. The molecule has 0 rings (SSSR count). The van der Waals surface area contributed by atoms with E-state index in [1.54, 1.807) is 13.8 Å². The van der Waals surface area contributed by atoms with Crippen LogP contribution in [0.15, 0.2) is 0 Å². The number of amides is 2. The third-order valence-corrected chi connectivity index (χ3v) is 2.60. The van der Waals surface area contributed by atoms with E-state index in [1.807, 2.05) is 0 Å². The summed E-state index contributed by atoms with van der Waals surface area (Å²) >= 11 is 0. The fraction of sp³-hybridized carbons (Fsp3) is 0.714. The number of carbonyl (C=O) groups excluding carboxylic acids is 4. The molecule has 0 aromatic rings. The first kappa shape index (κ1) is 19.9. The van der Waals surface area contributed by atoms with Gasteiger partial charge < -0.3 is 20.1 Å². The highest BCUT2D eigenvalue weighted by Crippen LogP contribution is 1.98. The molecule has 0 heterocycles. The minimum atomic E-state index is -0.871. The molecule has 0 saturated heterocycles. The van der Waals surface area contributed by atoms with Gasteiger partial charge in [-0.05, 0) is 26.7 Å². The molecule has 8 nitrogen and oxygen atoms in total. The summed E-state index contributed by atoms with van der Waals surface area (Å²) in [6.45, 7) is 4.39. The monoisotopic (exact) mass is 316 g/mol. The van der Waals surface area contributed by atoms with E-state index < -0.39 is 23.8 Å². The summed E-state index contributed by atoms with van der Waals surface area (Å²) in [7, 11) is 0. The number of hydrogen-bond acceptors (Lipinski definition) is 6. The number of esters is 2. The smallest absolute Gasteiger partial charge is 0.396 e. The van der Waals surface area contributed by atoms with Crippen molar-refractivity contribution in [3.63, 3.8) is 0 Å². The largest absolute Gasteiger partial charge is 0.459 e. The second-order valence-corrected chi connectivity index (χ2v) is 4.37. The van der Waals surface area contributed by atoms with Crippen LogP contribution in [0.5, 0.6) is 0 Å². The number of rotatable bonds is 9. The summed E-state index contributed by atoms with van der Waals surface area (Å²) in [5, 5.41) is 4.92. The van der Waals surface area contributed by atoms with Crippen LogP contribution in [-0.2, 0) is 28.7 Å². The Kier molecular flexibility index (Phi) is 11.4. The Hall–Kier alpha value is -2.12. The fourth-order valence-electron chi connectivity index (χ4n) is 1.55. The Balaban J connectivity index is 3.48. The Morgan fingerprint density at radius 1 is 0.682 bits per heavy atom. The summed E-state index contributed by atoms with van der Waals surface area (Å²) in [4.78, 5) is 44.4. The molecule has 22 heavy (non-hydrogen) atoms. The van der Waals surface area contributed by atoms with Crippen LogP contribution in [0.2, 0.25) is 0 Å². The van der Waals surface area contributed by atoms with Gasteiger partial charge in [0.15, 0.2) is 0 Å². The van der Waals surface area contributed by atoms with E-state index >= 15 is 0 Å². The van der Waals surface area contributed by atoms with E-state index in [2.05, 4.69) is 20.1 Å². The molecule has 2 amide bonds. The van der Waals surface area contributed by atoms with Crippen molar-refractivity contribution >= 4 is 23.8 Å². The highest BCUT2D eigenvalue weighted by atomic mass is 16.5. The van der Waals surface area contributed by atoms with Gasteiger partial charge in [0, 0.05) is 13.1 Å². The predicted molar refractivity (Wildman–Crippen MR) is 77.8 cm³/mol. The SMILES string of the molecule is CCOC(=O)C(=O)NCCCCCCNC(=O)C(=O)OCC. The summed E-state index contributed by atoms with van der Waals surface area (Å²) in [5.41, 5.74) is 0.